The first-order chi connectivity index (χ1) is 3.79. The maximum absolute atomic E-state index is 10.4. The van der Waals surface area contributed by atoms with E-state index in [1.807, 2.05) is 0 Å². The van der Waals surface area contributed by atoms with Crippen LogP contribution in [0.4, 0.5) is 0 Å². The highest BCUT2D eigenvalue weighted by Crippen LogP contribution is 1.93. The number of nitrogens with zero attached hydrogens (tertiary/aromatic N) is 1. The fourth-order valence-corrected chi connectivity index (χ4v) is 1.05. The molecule has 1 unspecified atom stereocenters. The Kier molecular flexibility index (Phi) is 1.55. The molecule has 3 nitrogen and oxygen atoms in total. The SMILES string of the molecule is O=C1C=C[SH+]([O-])=NC1. The van der Waals surface area contributed by atoms with Crippen LogP contribution >= 0.6 is 0 Å². The third-order valence-corrected chi connectivity index (χ3v) is 1.58. The molecular weight excluding hydrogens is 126 g/mol. The molecule has 0 aliphatic carbocycles. The molecule has 8 heavy (non-hydrogen) atoms. The van der Waals surface area contributed by atoms with E-state index >= 15 is 0 Å². The second-order valence-corrected chi connectivity index (χ2v) is 2.57. The van der Waals surface area contributed by atoms with Crippen LogP contribution in [-0.2, 0) is 15.8 Å². The van der Waals surface area contributed by atoms with Crippen LogP contribution in [0.15, 0.2) is 15.8 Å². The van der Waals surface area contributed by atoms with E-state index in [9.17, 15) is 9.35 Å². The van der Waals surface area contributed by atoms with Gasteiger partial charge < -0.3 is 4.55 Å². The van der Waals surface area contributed by atoms with Crippen LogP contribution in [0.3, 0.4) is 0 Å². The maximum atomic E-state index is 10.4. The molecular formula is C4H5NO2S. The second-order valence-electron chi connectivity index (χ2n) is 1.38. The lowest BCUT2D eigenvalue weighted by atomic mass is 10.4. The lowest BCUT2D eigenvalue weighted by Crippen LogP contribution is -2.03. The quantitative estimate of drug-likeness (QED) is 0.336. The Balaban J connectivity index is 2.71. The smallest absolute Gasteiger partial charge is 0.185 e. The molecule has 1 heterocycles. The normalized spacial score (nSPS) is 27.6. The van der Waals surface area contributed by atoms with Crippen molar-refractivity contribution >= 4 is 16.8 Å². The summed E-state index contributed by atoms with van der Waals surface area (Å²) >= 11 is 0. The van der Waals surface area contributed by atoms with Crippen molar-refractivity contribution in [2.24, 2.45) is 4.36 Å². The van der Waals surface area contributed by atoms with E-state index in [1.165, 1.54) is 11.5 Å². The van der Waals surface area contributed by atoms with Gasteiger partial charge in [-0.3, -0.25) is 4.79 Å². The first-order valence-electron chi connectivity index (χ1n) is 2.14. The Morgan fingerprint density at radius 2 is 2.62 bits per heavy atom. The zero-order chi connectivity index (χ0) is 5.98. The van der Waals surface area contributed by atoms with Gasteiger partial charge >= 0.3 is 0 Å². The number of hydrogen-bond acceptors (Lipinski definition) is 3. The Morgan fingerprint density at radius 1 is 1.88 bits per heavy atom. The lowest BCUT2D eigenvalue weighted by molar-refractivity contribution is -0.113. The second kappa shape index (κ2) is 2.19. The Labute approximate surface area is 49.3 Å². The van der Waals surface area contributed by atoms with Crippen LogP contribution in [0.1, 0.15) is 0 Å². The minimum absolute atomic E-state index is 0.0698. The van der Waals surface area contributed by atoms with Crippen molar-refractivity contribution in [1.29, 1.82) is 0 Å². The van der Waals surface area contributed by atoms with Gasteiger partial charge in [-0.05, 0) is 0 Å². The van der Waals surface area contributed by atoms with Gasteiger partial charge in [0.1, 0.15) is 12.0 Å². The predicted molar refractivity (Wildman–Crippen MR) is 31.0 cm³/mol. The van der Waals surface area contributed by atoms with Crippen molar-refractivity contribution < 1.29 is 9.35 Å². The van der Waals surface area contributed by atoms with Gasteiger partial charge in [0.2, 0.25) is 0 Å². The Hall–Kier alpha value is -0.480. The molecule has 0 fully saturated rings. The van der Waals surface area contributed by atoms with Gasteiger partial charge in [0.05, 0.1) is 0 Å². The van der Waals surface area contributed by atoms with E-state index in [0.717, 1.165) is 0 Å². The molecule has 0 amide bonds. The van der Waals surface area contributed by atoms with Crippen LogP contribution < -0.4 is 0 Å². The van der Waals surface area contributed by atoms with E-state index in [0.29, 0.717) is 0 Å². The highest BCUT2D eigenvalue weighted by molar-refractivity contribution is 7.84. The molecule has 0 aromatic heterocycles. The summed E-state index contributed by atoms with van der Waals surface area (Å²) in [4.78, 5) is 10.3. The molecule has 0 spiro atoms. The van der Waals surface area contributed by atoms with Crippen molar-refractivity contribution in [1.82, 2.24) is 0 Å². The van der Waals surface area contributed by atoms with Crippen LogP contribution in [0.5, 0.6) is 0 Å². The molecule has 4 heteroatoms. The largest absolute Gasteiger partial charge is 0.629 e. The molecule has 1 atom stereocenters. The van der Waals surface area contributed by atoms with Crippen LogP contribution in [-0.4, -0.2) is 16.9 Å². The molecule has 0 N–H and O–H groups in total. The minimum Gasteiger partial charge on any atom is -0.629 e. The molecule has 0 radical (unpaired) electrons. The molecule has 1 aliphatic heterocycles. The number of thiol groups is 1. The number of carbonyl (C=O) groups excluding carboxylic acids is 1. The number of carbonyl (C=O) groups is 1. The third-order valence-electron chi connectivity index (χ3n) is 0.754. The van der Waals surface area contributed by atoms with Gasteiger partial charge in [0.25, 0.3) is 0 Å². The minimum atomic E-state index is -1.54. The maximum Gasteiger partial charge on any atom is 0.185 e. The zero-order valence-electron chi connectivity index (χ0n) is 4.07. The summed E-state index contributed by atoms with van der Waals surface area (Å²) in [6.45, 7) is 0.0890. The number of ketones is 1. The standard InChI is InChI=1S/C4H5NO2S/c6-4-1-2-8(7)5-3-4/h1-2,8H,3H2. The highest BCUT2D eigenvalue weighted by Gasteiger charge is 2.00. The van der Waals surface area contributed by atoms with Gasteiger partial charge in [0.15, 0.2) is 5.78 Å². The molecule has 1 aliphatic rings. The third kappa shape index (κ3) is 1.24. The molecule has 0 aromatic carbocycles. The average Bonchev–Trinajstić information content (AvgIpc) is 1.77. The van der Waals surface area contributed by atoms with Crippen LogP contribution in [0.25, 0.3) is 0 Å². The van der Waals surface area contributed by atoms with Crippen molar-refractivity contribution in [3.63, 3.8) is 0 Å². The molecule has 0 bridgehead atoms. The van der Waals surface area contributed by atoms with Crippen molar-refractivity contribution in [2.75, 3.05) is 6.54 Å². The van der Waals surface area contributed by atoms with Crippen LogP contribution in [0.2, 0.25) is 0 Å². The topological polar surface area (TPSA) is 52.5 Å². The zero-order valence-corrected chi connectivity index (χ0v) is 4.97. The lowest BCUT2D eigenvalue weighted by Gasteiger charge is -1.98. The average molecular weight is 131 g/mol. The number of rotatable bonds is 0. The summed E-state index contributed by atoms with van der Waals surface area (Å²) in [6.07, 6.45) is 1.31. The summed E-state index contributed by atoms with van der Waals surface area (Å²) in [5.41, 5.74) is 0. The van der Waals surface area contributed by atoms with Crippen molar-refractivity contribution in [3.8, 4) is 0 Å². The summed E-state index contributed by atoms with van der Waals surface area (Å²) in [6, 6.07) is 0. The highest BCUT2D eigenvalue weighted by atomic mass is 32.2. The first-order valence-corrected chi connectivity index (χ1v) is 3.42. The van der Waals surface area contributed by atoms with Gasteiger partial charge in [0, 0.05) is 6.08 Å². The van der Waals surface area contributed by atoms with Gasteiger partial charge in [-0.15, -0.1) is 4.36 Å². The Bertz CT molecular complexity index is 170. The molecule has 0 saturated carbocycles. The summed E-state index contributed by atoms with van der Waals surface area (Å²) in [7, 11) is -1.54. The fraction of sp³-hybridized carbons (Fsp3) is 0.250. The molecule has 1 rings (SSSR count). The van der Waals surface area contributed by atoms with E-state index in [2.05, 4.69) is 4.36 Å². The summed E-state index contributed by atoms with van der Waals surface area (Å²) < 4.78 is 13.8. The van der Waals surface area contributed by atoms with E-state index in [4.69, 9.17) is 0 Å². The fourth-order valence-electron chi connectivity index (χ4n) is 0.386. The van der Waals surface area contributed by atoms with Crippen molar-refractivity contribution in [2.45, 2.75) is 0 Å². The molecule has 0 aromatic rings. The molecule has 0 saturated heterocycles. The van der Waals surface area contributed by atoms with E-state index < -0.39 is 11.0 Å². The first kappa shape index (κ1) is 5.65. The van der Waals surface area contributed by atoms with Crippen molar-refractivity contribution in [3.05, 3.63) is 11.5 Å². The monoisotopic (exact) mass is 131 g/mol. The summed E-state index contributed by atoms with van der Waals surface area (Å²) in [5, 5.41) is 1.32. The van der Waals surface area contributed by atoms with E-state index in [-0.39, 0.29) is 12.3 Å². The number of hydrogen-bond donors (Lipinski definition) is 0. The van der Waals surface area contributed by atoms with Gasteiger partial charge in [-0.1, -0.05) is 11.0 Å². The predicted octanol–water partition coefficient (Wildman–Crippen LogP) is -0.253. The van der Waals surface area contributed by atoms with Gasteiger partial charge in [-0.2, -0.15) is 0 Å². The van der Waals surface area contributed by atoms with Gasteiger partial charge in [-0.25, -0.2) is 0 Å². The Morgan fingerprint density at radius 3 is 3.00 bits per heavy atom. The molecule has 44 valence electrons. The van der Waals surface area contributed by atoms with E-state index in [1.54, 1.807) is 0 Å². The summed E-state index contributed by atoms with van der Waals surface area (Å²) in [5.74, 6) is -0.0698. The van der Waals surface area contributed by atoms with Crippen LogP contribution in [0, 0.1) is 0 Å².